The Morgan fingerprint density at radius 3 is 2.09 bits per heavy atom. The van der Waals surface area contributed by atoms with Crippen molar-refractivity contribution in [1.29, 1.82) is 0 Å². The van der Waals surface area contributed by atoms with E-state index < -0.39 is 12.1 Å². The van der Waals surface area contributed by atoms with Crippen molar-refractivity contribution in [2.24, 2.45) is 0 Å². The number of halogens is 3. The summed E-state index contributed by atoms with van der Waals surface area (Å²) in [6, 6.07) is 11.6. The smallest absolute Gasteiger partial charge is 0.490 e. The first kappa shape index (κ1) is 16.6. The molecular formula is C15H18F3NO3. The number of rotatable bonds is 2. The van der Waals surface area contributed by atoms with E-state index in [4.69, 9.17) is 14.6 Å². The second kappa shape index (κ2) is 7.00. The molecule has 2 fully saturated rings. The van der Waals surface area contributed by atoms with Crippen molar-refractivity contribution in [2.45, 2.75) is 50.0 Å². The Balaban J connectivity index is 0.000000217. The molecule has 0 spiro atoms. The zero-order valence-electron chi connectivity index (χ0n) is 11.8. The van der Waals surface area contributed by atoms with E-state index in [0.29, 0.717) is 18.2 Å². The van der Waals surface area contributed by atoms with Crippen molar-refractivity contribution in [3.8, 4) is 5.75 Å². The Labute approximate surface area is 126 Å². The van der Waals surface area contributed by atoms with Crippen LogP contribution in [0, 0.1) is 0 Å². The van der Waals surface area contributed by atoms with E-state index in [1.54, 1.807) is 0 Å². The molecule has 0 amide bonds. The van der Waals surface area contributed by atoms with Crippen LogP contribution >= 0.6 is 0 Å². The first-order valence-electron chi connectivity index (χ1n) is 7.12. The number of hydrogen-bond acceptors (Lipinski definition) is 3. The van der Waals surface area contributed by atoms with E-state index in [0.717, 1.165) is 5.75 Å². The van der Waals surface area contributed by atoms with Gasteiger partial charge < -0.3 is 15.2 Å². The number of para-hydroxylation sites is 1. The summed E-state index contributed by atoms with van der Waals surface area (Å²) in [5.74, 6) is -1.74. The Kier molecular flexibility index (Phi) is 5.28. The van der Waals surface area contributed by atoms with Crippen molar-refractivity contribution < 1.29 is 27.8 Å². The average Bonchev–Trinajstić information content (AvgIpc) is 2.79. The van der Waals surface area contributed by atoms with Crippen molar-refractivity contribution in [2.75, 3.05) is 0 Å². The monoisotopic (exact) mass is 317 g/mol. The second-order valence-electron chi connectivity index (χ2n) is 5.47. The first-order chi connectivity index (χ1) is 10.3. The van der Waals surface area contributed by atoms with E-state index in [9.17, 15) is 13.2 Å². The largest absolute Gasteiger partial charge is 0.490 e. The van der Waals surface area contributed by atoms with Gasteiger partial charge in [-0.2, -0.15) is 13.2 Å². The highest BCUT2D eigenvalue weighted by Gasteiger charge is 2.38. The summed E-state index contributed by atoms with van der Waals surface area (Å²) in [5.41, 5.74) is 0. The number of alkyl halides is 3. The molecule has 22 heavy (non-hydrogen) atoms. The molecule has 2 bridgehead atoms. The van der Waals surface area contributed by atoms with Crippen LogP contribution in [0.2, 0.25) is 0 Å². The van der Waals surface area contributed by atoms with Crippen LogP contribution in [0.3, 0.4) is 0 Å². The lowest BCUT2D eigenvalue weighted by atomic mass is 10.0. The number of aliphatic carboxylic acids is 1. The average molecular weight is 317 g/mol. The van der Waals surface area contributed by atoms with E-state index in [1.807, 2.05) is 30.3 Å². The number of nitrogens with one attached hydrogen (secondary N) is 1. The first-order valence-corrected chi connectivity index (χ1v) is 7.12. The highest BCUT2D eigenvalue weighted by Crippen LogP contribution is 2.29. The van der Waals surface area contributed by atoms with E-state index in [1.165, 1.54) is 25.7 Å². The maximum atomic E-state index is 10.6. The van der Waals surface area contributed by atoms with Gasteiger partial charge in [0.1, 0.15) is 11.9 Å². The maximum Gasteiger partial charge on any atom is 0.490 e. The van der Waals surface area contributed by atoms with Crippen molar-refractivity contribution in [3.63, 3.8) is 0 Å². The zero-order chi connectivity index (χ0) is 16.2. The Morgan fingerprint density at radius 1 is 1.14 bits per heavy atom. The summed E-state index contributed by atoms with van der Waals surface area (Å²) >= 11 is 0. The van der Waals surface area contributed by atoms with Gasteiger partial charge in [0.05, 0.1) is 0 Å². The van der Waals surface area contributed by atoms with Gasteiger partial charge in [-0.25, -0.2) is 4.79 Å². The van der Waals surface area contributed by atoms with Crippen LogP contribution in [0.1, 0.15) is 25.7 Å². The highest BCUT2D eigenvalue weighted by molar-refractivity contribution is 5.73. The Morgan fingerprint density at radius 2 is 1.64 bits per heavy atom. The molecule has 2 aliphatic heterocycles. The molecule has 7 heteroatoms. The molecule has 1 aromatic carbocycles. The number of piperidine rings is 1. The van der Waals surface area contributed by atoms with Crippen LogP contribution in [0.15, 0.2) is 30.3 Å². The highest BCUT2D eigenvalue weighted by atomic mass is 19.4. The lowest BCUT2D eigenvalue weighted by Gasteiger charge is -2.29. The van der Waals surface area contributed by atoms with Crippen molar-refractivity contribution >= 4 is 5.97 Å². The third-order valence-electron chi connectivity index (χ3n) is 3.72. The SMILES string of the molecule is O=C(O)C(F)(F)F.c1ccc(O[C@H]2C[C@H]3CC[C@@H](C2)N3)cc1. The van der Waals surface area contributed by atoms with E-state index in [-0.39, 0.29) is 0 Å². The molecule has 4 nitrogen and oxygen atoms in total. The molecule has 0 saturated carbocycles. The molecule has 122 valence electrons. The van der Waals surface area contributed by atoms with E-state index >= 15 is 0 Å². The predicted octanol–water partition coefficient (Wildman–Crippen LogP) is 2.98. The molecule has 3 rings (SSSR count). The van der Waals surface area contributed by atoms with Gasteiger partial charge in [-0.1, -0.05) is 18.2 Å². The molecule has 2 heterocycles. The third-order valence-corrected chi connectivity index (χ3v) is 3.72. The molecule has 2 saturated heterocycles. The fraction of sp³-hybridized carbons (Fsp3) is 0.533. The zero-order valence-corrected chi connectivity index (χ0v) is 11.8. The van der Waals surface area contributed by atoms with Crippen LogP contribution in [0.25, 0.3) is 0 Å². The summed E-state index contributed by atoms with van der Waals surface area (Å²) in [5, 5.41) is 10.8. The van der Waals surface area contributed by atoms with Crippen molar-refractivity contribution in [3.05, 3.63) is 30.3 Å². The van der Waals surface area contributed by atoms with Gasteiger partial charge in [0.25, 0.3) is 0 Å². The summed E-state index contributed by atoms with van der Waals surface area (Å²) in [4.78, 5) is 8.90. The molecule has 0 unspecified atom stereocenters. The Hall–Kier alpha value is -1.76. The maximum absolute atomic E-state index is 10.6. The molecule has 1 aromatic rings. The van der Waals surface area contributed by atoms with Gasteiger partial charge in [-0.15, -0.1) is 0 Å². The summed E-state index contributed by atoms with van der Waals surface area (Å²) in [7, 11) is 0. The number of ether oxygens (including phenoxy) is 1. The number of hydrogen-bond donors (Lipinski definition) is 2. The fourth-order valence-corrected chi connectivity index (χ4v) is 2.79. The van der Waals surface area contributed by atoms with Gasteiger partial charge >= 0.3 is 12.1 Å². The van der Waals surface area contributed by atoms with Gasteiger partial charge in [-0.05, 0) is 37.8 Å². The van der Waals surface area contributed by atoms with Crippen LogP contribution < -0.4 is 10.1 Å². The standard InChI is InChI=1S/C13H17NO.C2HF3O2/c1-2-4-12(5-3-1)15-13-8-10-6-7-11(9-13)14-10;3-2(4,5)1(6)7/h1-5,10-11,13-14H,6-9H2;(H,6,7)/t10-,11+,13+;. The number of benzene rings is 1. The van der Waals surface area contributed by atoms with Crippen molar-refractivity contribution in [1.82, 2.24) is 5.32 Å². The number of carbonyl (C=O) groups is 1. The van der Waals surface area contributed by atoms with Crippen LogP contribution in [-0.2, 0) is 4.79 Å². The van der Waals surface area contributed by atoms with Gasteiger partial charge in [-0.3, -0.25) is 0 Å². The normalized spacial score (nSPS) is 26.8. The van der Waals surface area contributed by atoms with Crippen LogP contribution in [0.4, 0.5) is 13.2 Å². The number of carboxylic acids is 1. The lowest BCUT2D eigenvalue weighted by molar-refractivity contribution is -0.192. The van der Waals surface area contributed by atoms with Crippen LogP contribution in [0.5, 0.6) is 5.75 Å². The summed E-state index contributed by atoms with van der Waals surface area (Å²) in [6.45, 7) is 0. The molecule has 3 atom stereocenters. The topological polar surface area (TPSA) is 58.6 Å². The Bertz CT molecular complexity index is 481. The summed E-state index contributed by atoms with van der Waals surface area (Å²) < 4.78 is 37.7. The quantitative estimate of drug-likeness (QED) is 0.880. The minimum Gasteiger partial charge on any atom is -0.490 e. The summed E-state index contributed by atoms with van der Waals surface area (Å²) in [6.07, 6.45) is 0.348. The number of carboxylic acid groups (broad SMARTS) is 1. The van der Waals surface area contributed by atoms with E-state index in [2.05, 4.69) is 5.32 Å². The predicted molar refractivity (Wildman–Crippen MR) is 73.7 cm³/mol. The van der Waals surface area contributed by atoms with Gasteiger partial charge in [0.15, 0.2) is 0 Å². The minimum atomic E-state index is -5.08. The van der Waals surface area contributed by atoms with Gasteiger partial charge in [0.2, 0.25) is 0 Å². The number of fused-ring (bicyclic) bond motifs is 2. The van der Waals surface area contributed by atoms with Crippen LogP contribution in [-0.4, -0.2) is 35.4 Å². The minimum absolute atomic E-state index is 0.422. The third kappa shape index (κ3) is 4.91. The molecule has 0 aromatic heterocycles. The molecular weight excluding hydrogens is 299 g/mol. The second-order valence-corrected chi connectivity index (χ2v) is 5.47. The molecule has 2 N–H and O–H groups in total. The molecule has 0 aliphatic carbocycles. The lowest BCUT2D eigenvalue weighted by Crippen LogP contribution is -2.42. The molecule has 2 aliphatic rings. The van der Waals surface area contributed by atoms with Gasteiger partial charge in [0, 0.05) is 12.1 Å². The fourth-order valence-electron chi connectivity index (χ4n) is 2.79. The molecule has 0 radical (unpaired) electrons.